The summed E-state index contributed by atoms with van der Waals surface area (Å²) in [6.07, 6.45) is 0.913. The van der Waals surface area contributed by atoms with Crippen molar-refractivity contribution in [3.8, 4) is 0 Å². The second kappa shape index (κ2) is 7.57. The first-order chi connectivity index (χ1) is 12.1. The van der Waals surface area contributed by atoms with Crippen molar-refractivity contribution in [2.24, 2.45) is 0 Å². The topological polar surface area (TPSA) is 40.6 Å². The smallest absolute Gasteiger partial charge is 0.254 e. The third-order valence-electron chi connectivity index (χ3n) is 4.52. The number of carbonyl (C=O) groups is 2. The van der Waals surface area contributed by atoms with Gasteiger partial charge in [-0.25, -0.2) is 4.39 Å². The molecule has 2 aromatic carbocycles. The van der Waals surface area contributed by atoms with E-state index < -0.39 is 5.82 Å². The molecule has 0 bridgehead atoms. The third kappa shape index (κ3) is 3.94. The van der Waals surface area contributed by atoms with Crippen molar-refractivity contribution in [3.05, 3.63) is 71.0 Å². The highest BCUT2D eigenvalue weighted by Crippen LogP contribution is 2.18. The van der Waals surface area contributed by atoms with Gasteiger partial charge in [-0.1, -0.05) is 18.2 Å². The number of amides is 1. The summed E-state index contributed by atoms with van der Waals surface area (Å²) >= 11 is 0. The molecule has 0 aromatic heterocycles. The van der Waals surface area contributed by atoms with E-state index >= 15 is 0 Å². The van der Waals surface area contributed by atoms with Gasteiger partial charge in [-0.05, 0) is 50.3 Å². The molecule has 1 aliphatic rings. The number of halogens is 1. The highest BCUT2D eigenvalue weighted by Gasteiger charge is 2.23. The highest BCUT2D eigenvalue weighted by atomic mass is 19.1. The van der Waals surface area contributed by atoms with Crippen molar-refractivity contribution in [2.75, 3.05) is 33.2 Å². The number of benzene rings is 2. The number of nitrogens with zero attached hydrogens (tertiary/aromatic N) is 2. The van der Waals surface area contributed by atoms with Gasteiger partial charge < -0.3 is 9.80 Å². The van der Waals surface area contributed by atoms with Crippen molar-refractivity contribution < 1.29 is 14.0 Å². The second-order valence-electron chi connectivity index (χ2n) is 6.33. The van der Waals surface area contributed by atoms with Crippen LogP contribution in [-0.4, -0.2) is 54.7 Å². The number of carbonyl (C=O) groups excluding carboxylic acids is 2. The molecule has 0 atom stereocenters. The monoisotopic (exact) mass is 340 g/mol. The first kappa shape index (κ1) is 17.3. The maximum atomic E-state index is 13.1. The van der Waals surface area contributed by atoms with Crippen LogP contribution in [0.2, 0.25) is 0 Å². The first-order valence-corrected chi connectivity index (χ1v) is 8.43. The van der Waals surface area contributed by atoms with Gasteiger partial charge in [-0.2, -0.15) is 0 Å². The normalized spacial score (nSPS) is 15.7. The zero-order chi connectivity index (χ0) is 17.8. The summed E-state index contributed by atoms with van der Waals surface area (Å²) in [6, 6.07) is 12.2. The number of hydrogen-bond donors (Lipinski definition) is 0. The average Bonchev–Trinajstić information content (AvgIpc) is 2.86. The predicted octanol–water partition coefficient (Wildman–Crippen LogP) is 2.83. The second-order valence-corrected chi connectivity index (χ2v) is 6.33. The largest absolute Gasteiger partial charge is 0.337 e. The molecule has 0 saturated carbocycles. The molecule has 1 amide bonds. The van der Waals surface area contributed by atoms with Crippen LogP contribution in [0.5, 0.6) is 0 Å². The van der Waals surface area contributed by atoms with Gasteiger partial charge >= 0.3 is 0 Å². The molecule has 130 valence electrons. The van der Waals surface area contributed by atoms with Crippen molar-refractivity contribution in [3.63, 3.8) is 0 Å². The van der Waals surface area contributed by atoms with E-state index in [1.807, 2.05) is 7.05 Å². The molecule has 1 saturated heterocycles. The first-order valence-electron chi connectivity index (χ1n) is 8.43. The van der Waals surface area contributed by atoms with Gasteiger partial charge in [0, 0.05) is 30.8 Å². The van der Waals surface area contributed by atoms with Gasteiger partial charge in [0.25, 0.3) is 5.91 Å². The minimum Gasteiger partial charge on any atom is -0.337 e. The van der Waals surface area contributed by atoms with E-state index in [2.05, 4.69) is 4.90 Å². The molecule has 0 N–H and O–H groups in total. The van der Waals surface area contributed by atoms with Crippen molar-refractivity contribution in [2.45, 2.75) is 6.42 Å². The standard InChI is InChI=1S/C20H21FN2O2/c1-22-11-4-12-23(14-13-22)20(25)18-6-3-2-5-17(18)19(24)15-7-9-16(21)10-8-15/h2-3,5-10H,4,11-14H2,1H3. The lowest BCUT2D eigenvalue weighted by atomic mass is 9.97. The molecule has 0 unspecified atom stereocenters. The maximum Gasteiger partial charge on any atom is 0.254 e. The van der Waals surface area contributed by atoms with Gasteiger partial charge in [0.1, 0.15) is 5.82 Å². The van der Waals surface area contributed by atoms with Gasteiger partial charge in [-0.3, -0.25) is 9.59 Å². The maximum absolute atomic E-state index is 13.1. The summed E-state index contributed by atoms with van der Waals surface area (Å²) in [7, 11) is 2.04. The van der Waals surface area contributed by atoms with Crippen molar-refractivity contribution in [1.82, 2.24) is 9.80 Å². The Bertz CT molecular complexity index is 774. The molecular formula is C20H21FN2O2. The van der Waals surface area contributed by atoms with Crippen molar-refractivity contribution in [1.29, 1.82) is 0 Å². The fourth-order valence-electron chi connectivity index (χ4n) is 3.04. The van der Waals surface area contributed by atoms with Crippen LogP contribution in [0.4, 0.5) is 4.39 Å². The molecule has 0 radical (unpaired) electrons. The fourth-order valence-corrected chi connectivity index (χ4v) is 3.04. The third-order valence-corrected chi connectivity index (χ3v) is 4.52. The van der Waals surface area contributed by atoms with Gasteiger partial charge in [0.15, 0.2) is 5.78 Å². The van der Waals surface area contributed by atoms with Crippen LogP contribution in [0.1, 0.15) is 32.7 Å². The molecule has 2 aromatic rings. The van der Waals surface area contributed by atoms with Gasteiger partial charge in [0.2, 0.25) is 0 Å². The van der Waals surface area contributed by atoms with Crippen LogP contribution >= 0.6 is 0 Å². The minimum absolute atomic E-state index is 0.124. The SMILES string of the molecule is CN1CCCN(C(=O)c2ccccc2C(=O)c2ccc(F)cc2)CC1. The molecule has 1 fully saturated rings. The number of likely N-dealkylation sites (N-methyl/N-ethyl adjacent to an activating group) is 1. The fraction of sp³-hybridized carbons (Fsp3) is 0.300. The van der Waals surface area contributed by atoms with Crippen LogP contribution in [0.3, 0.4) is 0 Å². The Morgan fingerprint density at radius 1 is 0.880 bits per heavy atom. The molecular weight excluding hydrogens is 319 g/mol. The minimum atomic E-state index is -0.394. The lowest BCUT2D eigenvalue weighted by Gasteiger charge is -2.21. The molecule has 5 heteroatoms. The number of hydrogen-bond acceptors (Lipinski definition) is 3. The van der Waals surface area contributed by atoms with E-state index in [0.717, 1.165) is 19.5 Å². The van der Waals surface area contributed by atoms with Crippen molar-refractivity contribution >= 4 is 11.7 Å². The summed E-state index contributed by atoms with van der Waals surface area (Å²) in [5.41, 5.74) is 1.13. The molecule has 0 spiro atoms. The average molecular weight is 340 g/mol. The van der Waals surface area contributed by atoms with E-state index in [0.29, 0.717) is 29.8 Å². The van der Waals surface area contributed by atoms with E-state index in [1.165, 1.54) is 24.3 Å². The summed E-state index contributed by atoms with van der Waals surface area (Å²) < 4.78 is 13.1. The van der Waals surface area contributed by atoms with E-state index in [4.69, 9.17) is 0 Å². The molecule has 0 aliphatic carbocycles. The highest BCUT2D eigenvalue weighted by molar-refractivity contribution is 6.15. The Morgan fingerprint density at radius 3 is 2.28 bits per heavy atom. The summed E-state index contributed by atoms with van der Waals surface area (Å²) in [5, 5.41) is 0. The Morgan fingerprint density at radius 2 is 1.56 bits per heavy atom. The molecule has 1 aliphatic heterocycles. The summed E-state index contributed by atoms with van der Waals surface area (Å²) in [6.45, 7) is 3.11. The van der Waals surface area contributed by atoms with Crippen LogP contribution in [0.25, 0.3) is 0 Å². The van der Waals surface area contributed by atoms with Gasteiger partial charge in [-0.15, -0.1) is 0 Å². The zero-order valence-electron chi connectivity index (χ0n) is 14.2. The Kier molecular flexibility index (Phi) is 5.24. The Balaban J connectivity index is 1.88. The summed E-state index contributed by atoms with van der Waals surface area (Å²) in [4.78, 5) is 29.8. The van der Waals surface area contributed by atoms with Gasteiger partial charge in [0.05, 0.1) is 5.56 Å². The summed E-state index contributed by atoms with van der Waals surface area (Å²) in [5.74, 6) is -0.785. The quantitative estimate of drug-likeness (QED) is 0.807. The van der Waals surface area contributed by atoms with Crippen LogP contribution in [0, 0.1) is 5.82 Å². The number of rotatable bonds is 3. The lowest BCUT2D eigenvalue weighted by Crippen LogP contribution is -2.35. The Labute approximate surface area is 146 Å². The zero-order valence-corrected chi connectivity index (χ0v) is 14.2. The van der Waals surface area contributed by atoms with Crippen LogP contribution in [-0.2, 0) is 0 Å². The Hall–Kier alpha value is -2.53. The molecule has 25 heavy (non-hydrogen) atoms. The lowest BCUT2D eigenvalue weighted by molar-refractivity contribution is 0.0758. The van der Waals surface area contributed by atoms with E-state index in [9.17, 15) is 14.0 Å². The van der Waals surface area contributed by atoms with Crippen LogP contribution in [0.15, 0.2) is 48.5 Å². The van der Waals surface area contributed by atoms with E-state index in [-0.39, 0.29) is 11.7 Å². The molecule has 3 rings (SSSR count). The van der Waals surface area contributed by atoms with Crippen LogP contribution < -0.4 is 0 Å². The predicted molar refractivity (Wildman–Crippen MR) is 94.3 cm³/mol. The molecule has 1 heterocycles. The molecule has 4 nitrogen and oxygen atoms in total. The van der Waals surface area contributed by atoms with E-state index in [1.54, 1.807) is 29.2 Å². The number of ketones is 1.